The average molecular weight is 286 g/mol. The van der Waals surface area contributed by atoms with Gasteiger partial charge >= 0.3 is 0 Å². The van der Waals surface area contributed by atoms with Gasteiger partial charge < -0.3 is 9.64 Å². The first kappa shape index (κ1) is 15.0. The Bertz CT molecular complexity index is 577. The largest absolute Gasteiger partial charge is 0.475 e. The van der Waals surface area contributed by atoms with Crippen molar-refractivity contribution in [2.75, 3.05) is 32.3 Å². The van der Waals surface area contributed by atoms with Gasteiger partial charge in [-0.05, 0) is 29.3 Å². The van der Waals surface area contributed by atoms with Gasteiger partial charge in [0, 0.05) is 32.0 Å². The Balaban J connectivity index is 2.00. The highest BCUT2D eigenvalue weighted by molar-refractivity contribution is 5.70. The normalized spacial score (nSPS) is 10.8. The van der Waals surface area contributed by atoms with E-state index in [1.165, 1.54) is 5.69 Å². The molecule has 0 aliphatic rings. The molecule has 4 heteroatoms. The number of ether oxygens (including phenoxy) is 1. The van der Waals surface area contributed by atoms with Crippen molar-refractivity contribution < 1.29 is 9.13 Å². The van der Waals surface area contributed by atoms with Gasteiger partial charge in [-0.1, -0.05) is 24.3 Å². The molecule has 0 spiro atoms. The summed E-state index contributed by atoms with van der Waals surface area (Å²) in [6.45, 7) is -0.466. The van der Waals surface area contributed by atoms with Crippen LogP contribution in [0.1, 0.15) is 11.1 Å². The molecule has 0 aliphatic carbocycles. The highest BCUT2D eigenvalue weighted by Crippen LogP contribution is 2.15. The van der Waals surface area contributed by atoms with Gasteiger partial charge in [0.05, 0.1) is 0 Å². The molecule has 0 fully saturated rings. The van der Waals surface area contributed by atoms with E-state index in [-0.39, 0.29) is 6.61 Å². The number of rotatable bonds is 6. The highest BCUT2D eigenvalue weighted by atomic mass is 19.1. The molecule has 0 radical (unpaired) electrons. The van der Waals surface area contributed by atoms with Crippen molar-refractivity contribution in [2.24, 2.45) is 0 Å². The van der Waals surface area contributed by atoms with Crippen LogP contribution in [0, 0.1) is 0 Å². The summed E-state index contributed by atoms with van der Waals surface area (Å²) in [5.41, 5.74) is 3.26. The van der Waals surface area contributed by atoms with E-state index in [4.69, 9.17) is 4.74 Å². The van der Waals surface area contributed by atoms with E-state index >= 15 is 0 Å². The zero-order chi connectivity index (χ0) is 15.1. The van der Waals surface area contributed by atoms with Gasteiger partial charge in [-0.3, -0.25) is 0 Å². The molecule has 0 bridgehead atoms. The highest BCUT2D eigenvalue weighted by Gasteiger charge is 1.96. The third-order valence-electron chi connectivity index (χ3n) is 2.96. The monoisotopic (exact) mass is 286 g/mol. The first-order valence-electron chi connectivity index (χ1n) is 6.79. The zero-order valence-corrected chi connectivity index (χ0v) is 12.3. The predicted octanol–water partition coefficient (Wildman–Crippen LogP) is 3.67. The zero-order valence-electron chi connectivity index (χ0n) is 12.3. The first-order chi connectivity index (χ1) is 10.2. The van der Waals surface area contributed by atoms with E-state index in [0.717, 1.165) is 11.1 Å². The molecule has 0 amide bonds. The molecule has 1 heterocycles. The van der Waals surface area contributed by atoms with Crippen LogP contribution in [0.15, 0.2) is 42.6 Å². The van der Waals surface area contributed by atoms with Crippen molar-refractivity contribution in [3.63, 3.8) is 0 Å². The van der Waals surface area contributed by atoms with E-state index in [9.17, 15) is 4.39 Å². The summed E-state index contributed by atoms with van der Waals surface area (Å²) < 4.78 is 17.1. The predicted molar refractivity (Wildman–Crippen MR) is 85.4 cm³/mol. The van der Waals surface area contributed by atoms with E-state index < -0.39 is 6.67 Å². The lowest BCUT2D eigenvalue weighted by atomic mass is 10.1. The Labute approximate surface area is 124 Å². The van der Waals surface area contributed by atoms with Crippen molar-refractivity contribution in [3.05, 3.63) is 53.7 Å². The third kappa shape index (κ3) is 4.60. The summed E-state index contributed by atoms with van der Waals surface area (Å²) in [7, 11) is 4.03. The fourth-order valence-corrected chi connectivity index (χ4v) is 1.79. The number of nitrogens with zero attached hydrogens (tertiary/aromatic N) is 2. The third-order valence-corrected chi connectivity index (χ3v) is 2.96. The molecule has 1 aromatic carbocycles. The lowest BCUT2D eigenvalue weighted by molar-refractivity contribution is 0.264. The van der Waals surface area contributed by atoms with E-state index in [0.29, 0.717) is 5.88 Å². The smallest absolute Gasteiger partial charge is 0.213 e. The summed E-state index contributed by atoms with van der Waals surface area (Å²) >= 11 is 0. The summed E-state index contributed by atoms with van der Waals surface area (Å²) in [5.74, 6) is 0.445. The van der Waals surface area contributed by atoms with Crippen molar-refractivity contribution in [1.82, 2.24) is 4.98 Å². The molecule has 2 rings (SSSR count). The van der Waals surface area contributed by atoms with Crippen LogP contribution < -0.4 is 9.64 Å². The molecule has 0 N–H and O–H groups in total. The number of halogens is 1. The minimum absolute atomic E-state index is 0.0421. The molecule has 0 unspecified atom stereocenters. The molecule has 3 nitrogen and oxygen atoms in total. The summed E-state index contributed by atoms with van der Waals surface area (Å²) in [4.78, 5) is 6.18. The standard InChI is InChI=1S/C17H19FN2O/c1-20(2)16-8-5-14(6-9-16)3-4-15-7-10-17(19-13-15)21-12-11-18/h3-10,13H,11-12H2,1-2H3. The average Bonchev–Trinajstić information content (AvgIpc) is 2.52. The Kier molecular flexibility index (Phi) is 5.32. The lowest BCUT2D eigenvalue weighted by Gasteiger charge is -2.11. The van der Waals surface area contributed by atoms with E-state index in [1.54, 1.807) is 12.3 Å². The number of benzene rings is 1. The Morgan fingerprint density at radius 2 is 1.71 bits per heavy atom. The maximum Gasteiger partial charge on any atom is 0.213 e. The Morgan fingerprint density at radius 3 is 2.29 bits per heavy atom. The quantitative estimate of drug-likeness (QED) is 0.810. The molecular formula is C17H19FN2O. The van der Waals surface area contributed by atoms with Gasteiger partial charge in [-0.2, -0.15) is 0 Å². The van der Waals surface area contributed by atoms with Crippen molar-refractivity contribution in [3.8, 4) is 5.88 Å². The fourth-order valence-electron chi connectivity index (χ4n) is 1.79. The van der Waals surface area contributed by atoms with Gasteiger partial charge in [0.2, 0.25) is 5.88 Å². The van der Waals surface area contributed by atoms with Crippen LogP contribution in [0.5, 0.6) is 5.88 Å². The van der Waals surface area contributed by atoms with Crippen LogP contribution in [-0.2, 0) is 0 Å². The number of anilines is 1. The van der Waals surface area contributed by atoms with Crippen LogP contribution in [0.2, 0.25) is 0 Å². The topological polar surface area (TPSA) is 25.4 Å². The molecule has 110 valence electrons. The number of aromatic nitrogens is 1. The van der Waals surface area contributed by atoms with Gasteiger partial charge in [-0.25, -0.2) is 9.37 Å². The Hall–Kier alpha value is -2.36. The van der Waals surface area contributed by atoms with E-state index in [1.807, 2.05) is 32.3 Å². The first-order valence-corrected chi connectivity index (χ1v) is 6.79. The molecule has 21 heavy (non-hydrogen) atoms. The number of hydrogen-bond donors (Lipinski definition) is 0. The lowest BCUT2D eigenvalue weighted by Crippen LogP contribution is -2.07. The van der Waals surface area contributed by atoms with Crippen molar-refractivity contribution in [1.29, 1.82) is 0 Å². The molecule has 0 saturated carbocycles. The summed E-state index contributed by atoms with van der Waals surface area (Å²) in [6, 6.07) is 11.9. The van der Waals surface area contributed by atoms with Crippen molar-refractivity contribution in [2.45, 2.75) is 0 Å². The van der Waals surface area contributed by atoms with E-state index in [2.05, 4.69) is 34.1 Å². The van der Waals surface area contributed by atoms with Crippen LogP contribution >= 0.6 is 0 Å². The van der Waals surface area contributed by atoms with Gasteiger partial charge in [-0.15, -0.1) is 0 Å². The summed E-state index contributed by atoms with van der Waals surface area (Å²) in [5, 5.41) is 0. The number of alkyl halides is 1. The molecule has 0 saturated heterocycles. The fraction of sp³-hybridized carbons (Fsp3) is 0.235. The molecule has 0 aliphatic heterocycles. The van der Waals surface area contributed by atoms with Gasteiger partial charge in [0.15, 0.2) is 0 Å². The minimum atomic E-state index is -0.508. The molecule has 2 aromatic rings. The van der Waals surface area contributed by atoms with Gasteiger partial charge in [0.25, 0.3) is 0 Å². The summed E-state index contributed by atoms with van der Waals surface area (Å²) in [6.07, 6.45) is 5.72. The van der Waals surface area contributed by atoms with Gasteiger partial charge in [0.1, 0.15) is 13.3 Å². The number of hydrogen-bond acceptors (Lipinski definition) is 3. The SMILES string of the molecule is CN(C)c1ccc(C=Cc2ccc(OCCF)nc2)cc1. The molecular weight excluding hydrogens is 267 g/mol. The maximum absolute atomic E-state index is 12.0. The number of pyridine rings is 1. The van der Waals surface area contributed by atoms with Crippen molar-refractivity contribution >= 4 is 17.8 Å². The molecule has 0 atom stereocenters. The van der Waals surface area contributed by atoms with Crippen LogP contribution in [0.3, 0.4) is 0 Å². The second-order valence-electron chi connectivity index (χ2n) is 4.79. The second-order valence-corrected chi connectivity index (χ2v) is 4.79. The maximum atomic E-state index is 12.0. The molecule has 1 aromatic heterocycles. The minimum Gasteiger partial charge on any atom is -0.475 e. The second kappa shape index (κ2) is 7.43. The Morgan fingerprint density at radius 1 is 1.05 bits per heavy atom. The van der Waals surface area contributed by atoms with Crippen LogP contribution in [0.25, 0.3) is 12.2 Å². The van der Waals surface area contributed by atoms with Crippen LogP contribution in [0.4, 0.5) is 10.1 Å². The van der Waals surface area contributed by atoms with Crippen LogP contribution in [-0.4, -0.2) is 32.4 Å².